The first-order valence-corrected chi connectivity index (χ1v) is 9.38. The maximum atomic E-state index is 13.1. The van der Waals surface area contributed by atoms with Gasteiger partial charge in [0.2, 0.25) is 11.8 Å². The van der Waals surface area contributed by atoms with Crippen LogP contribution in [0.15, 0.2) is 46.8 Å². The number of halogens is 1. The largest absolute Gasteiger partial charge is 0.358 e. The van der Waals surface area contributed by atoms with Crippen molar-refractivity contribution >= 4 is 45.8 Å². The fourth-order valence-corrected chi connectivity index (χ4v) is 4.19. The third kappa shape index (κ3) is 4.26. The molecule has 0 bridgehead atoms. The summed E-state index contributed by atoms with van der Waals surface area (Å²) in [6.45, 7) is 0.407. The smallest absolute Gasteiger partial charge is 0.233 e. The molecule has 0 radical (unpaired) electrons. The van der Waals surface area contributed by atoms with Crippen LogP contribution in [-0.2, 0) is 16.1 Å². The first-order valence-electron chi connectivity index (χ1n) is 7.62. The number of amidine groups is 1. The van der Waals surface area contributed by atoms with Crippen LogP contribution < -0.4 is 5.32 Å². The van der Waals surface area contributed by atoms with E-state index in [4.69, 9.17) is 0 Å². The number of thioether (sulfide) groups is 1. The Kier molecular flexibility index (Phi) is 5.50. The molecule has 1 fully saturated rings. The summed E-state index contributed by atoms with van der Waals surface area (Å²) in [6.07, 6.45) is 0.123. The van der Waals surface area contributed by atoms with Crippen molar-refractivity contribution in [2.24, 2.45) is 4.99 Å². The zero-order valence-electron chi connectivity index (χ0n) is 13.4. The van der Waals surface area contributed by atoms with E-state index in [1.165, 1.54) is 23.9 Å². The molecule has 130 valence electrons. The Bertz CT molecular complexity index is 791. The van der Waals surface area contributed by atoms with Crippen LogP contribution in [-0.4, -0.2) is 34.2 Å². The summed E-state index contributed by atoms with van der Waals surface area (Å²) in [5.41, 5.74) is 0.533. The SMILES string of the molecule is CNC(=O)C1CC(=O)N(Cc2cccs2)C(=Nc2ccc(F)cc2)S1. The summed E-state index contributed by atoms with van der Waals surface area (Å²) in [5, 5.41) is 4.45. The van der Waals surface area contributed by atoms with E-state index in [2.05, 4.69) is 10.3 Å². The lowest BCUT2D eigenvalue weighted by molar-refractivity contribution is -0.130. The molecule has 0 aliphatic carbocycles. The van der Waals surface area contributed by atoms with E-state index in [1.807, 2.05) is 17.5 Å². The fraction of sp³-hybridized carbons (Fsp3) is 0.235. The highest BCUT2D eigenvalue weighted by Crippen LogP contribution is 2.30. The Morgan fingerprint density at radius 2 is 2.12 bits per heavy atom. The Hall–Kier alpha value is -2.19. The molecule has 1 aromatic heterocycles. The molecule has 0 saturated carbocycles. The molecule has 25 heavy (non-hydrogen) atoms. The molecule has 1 aliphatic rings. The summed E-state index contributed by atoms with van der Waals surface area (Å²) < 4.78 is 13.1. The predicted octanol–water partition coefficient (Wildman–Crippen LogP) is 3.16. The van der Waals surface area contributed by atoms with E-state index in [1.54, 1.807) is 35.4 Å². The van der Waals surface area contributed by atoms with Gasteiger partial charge in [0.25, 0.3) is 0 Å². The van der Waals surface area contributed by atoms with Gasteiger partial charge in [-0.25, -0.2) is 9.38 Å². The molecule has 8 heteroatoms. The van der Waals surface area contributed by atoms with Gasteiger partial charge in [0.1, 0.15) is 5.82 Å². The molecule has 2 heterocycles. The highest BCUT2D eigenvalue weighted by molar-refractivity contribution is 8.15. The summed E-state index contributed by atoms with van der Waals surface area (Å²) in [6, 6.07) is 9.58. The number of nitrogens with one attached hydrogen (secondary N) is 1. The number of hydrogen-bond donors (Lipinski definition) is 1. The van der Waals surface area contributed by atoms with Gasteiger partial charge in [0.05, 0.1) is 17.5 Å². The monoisotopic (exact) mass is 377 g/mol. The van der Waals surface area contributed by atoms with Crippen molar-refractivity contribution in [3.05, 3.63) is 52.5 Å². The summed E-state index contributed by atoms with van der Waals surface area (Å²) in [7, 11) is 1.54. The van der Waals surface area contributed by atoms with E-state index < -0.39 is 5.25 Å². The summed E-state index contributed by atoms with van der Waals surface area (Å²) in [4.78, 5) is 31.7. The molecule has 1 N–H and O–H groups in total. The quantitative estimate of drug-likeness (QED) is 0.890. The third-order valence-corrected chi connectivity index (χ3v) is 5.67. The summed E-state index contributed by atoms with van der Waals surface area (Å²) in [5.74, 6) is -0.711. The normalized spacial score (nSPS) is 19.3. The van der Waals surface area contributed by atoms with E-state index in [9.17, 15) is 14.0 Å². The van der Waals surface area contributed by atoms with Gasteiger partial charge in [-0.05, 0) is 35.7 Å². The van der Waals surface area contributed by atoms with Crippen LogP contribution in [0.25, 0.3) is 0 Å². The molecule has 0 spiro atoms. The minimum absolute atomic E-state index is 0.123. The van der Waals surface area contributed by atoms with Gasteiger partial charge in [-0.15, -0.1) is 11.3 Å². The van der Waals surface area contributed by atoms with Gasteiger partial charge < -0.3 is 5.32 Å². The average molecular weight is 377 g/mol. The van der Waals surface area contributed by atoms with Crippen molar-refractivity contribution in [3.63, 3.8) is 0 Å². The molecule has 2 aromatic rings. The Labute approximate surface area is 152 Å². The van der Waals surface area contributed by atoms with Crippen molar-refractivity contribution in [1.29, 1.82) is 0 Å². The lowest BCUT2D eigenvalue weighted by Crippen LogP contribution is -2.45. The second kappa shape index (κ2) is 7.79. The van der Waals surface area contributed by atoms with Gasteiger partial charge >= 0.3 is 0 Å². The van der Waals surface area contributed by atoms with Crippen LogP contribution in [0, 0.1) is 5.82 Å². The van der Waals surface area contributed by atoms with E-state index >= 15 is 0 Å². The number of nitrogens with zero attached hydrogens (tertiary/aromatic N) is 2. The molecule has 1 unspecified atom stereocenters. The van der Waals surface area contributed by atoms with Crippen molar-refractivity contribution in [2.45, 2.75) is 18.2 Å². The molecular formula is C17H16FN3O2S2. The van der Waals surface area contributed by atoms with E-state index in [0.717, 1.165) is 4.88 Å². The maximum absolute atomic E-state index is 13.1. The first-order chi connectivity index (χ1) is 12.1. The summed E-state index contributed by atoms with van der Waals surface area (Å²) >= 11 is 2.80. The number of carbonyl (C=O) groups is 2. The minimum Gasteiger partial charge on any atom is -0.358 e. The second-order valence-corrected chi connectivity index (χ2v) is 7.56. The number of aliphatic imine (C=N–C) groups is 1. The number of rotatable bonds is 4. The Morgan fingerprint density at radius 3 is 2.76 bits per heavy atom. The predicted molar refractivity (Wildman–Crippen MR) is 98.4 cm³/mol. The zero-order chi connectivity index (χ0) is 17.8. The van der Waals surface area contributed by atoms with Crippen molar-refractivity contribution in [2.75, 3.05) is 7.05 Å². The molecule has 1 aliphatic heterocycles. The van der Waals surface area contributed by atoms with Gasteiger partial charge in [0, 0.05) is 18.3 Å². The second-order valence-electron chi connectivity index (χ2n) is 5.35. The average Bonchev–Trinajstić information content (AvgIpc) is 3.12. The lowest BCUT2D eigenvalue weighted by atomic mass is 10.2. The third-order valence-electron chi connectivity index (χ3n) is 3.62. The van der Waals surface area contributed by atoms with Crippen molar-refractivity contribution < 1.29 is 14.0 Å². The van der Waals surface area contributed by atoms with E-state index in [-0.39, 0.29) is 24.1 Å². The molecule has 1 saturated heterocycles. The lowest BCUT2D eigenvalue weighted by Gasteiger charge is -2.31. The van der Waals surface area contributed by atoms with Gasteiger partial charge in [-0.2, -0.15) is 0 Å². The molecule has 3 rings (SSSR count). The first kappa shape index (κ1) is 17.6. The van der Waals surface area contributed by atoms with E-state index in [0.29, 0.717) is 17.4 Å². The number of carbonyl (C=O) groups excluding carboxylic acids is 2. The topological polar surface area (TPSA) is 61.8 Å². The number of hydrogen-bond acceptors (Lipinski definition) is 5. The standard InChI is InChI=1S/C17H16FN3O2S2/c1-19-16(23)14-9-15(22)21(10-13-3-2-8-24-13)17(25-14)20-12-6-4-11(18)5-7-12/h2-8,14H,9-10H2,1H3,(H,19,23). The van der Waals surface area contributed by atoms with Crippen LogP contribution in [0.1, 0.15) is 11.3 Å². The van der Waals surface area contributed by atoms with Crippen LogP contribution in [0.3, 0.4) is 0 Å². The zero-order valence-corrected chi connectivity index (χ0v) is 15.1. The minimum atomic E-state index is -0.517. The van der Waals surface area contributed by atoms with Crippen LogP contribution in [0.5, 0.6) is 0 Å². The van der Waals surface area contributed by atoms with Gasteiger partial charge in [-0.1, -0.05) is 17.8 Å². The Balaban J connectivity index is 1.91. The fourth-order valence-electron chi connectivity index (χ4n) is 2.34. The molecule has 2 amide bonds. The highest BCUT2D eigenvalue weighted by atomic mass is 32.2. The van der Waals surface area contributed by atoms with Gasteiger partial charge in [-0.3, -0.25) is 14.5 Å². The molecule has 5 nitrogen and oxygen atoms in total. The number of amides is 2. The highest BCUT2D eigenvalue weighted by Gasteiger charge is 2.35. The van der Waals surface area contributed by atoms with Crippen molar-refractivity contribution in [1.82, 2.24) is 10.2 Å². The Morgan fingerprint density at radius 1 is 1.36 bits per heavy atom. The van der Waals surface area contributed by atoms with Crippen LogP contribution in [0.4, 0.5) is 10.1 Å². The van der Waals surface area contributed by atoms with Crippen LogP contribution >= 0.6 is 23.1 Å². The molecule has 1 atom stereocenters. The molecular weight excluding hydrogens is 361 g/mol. The van der Waals surface area contributed by atoms with Crippen molar-refractivity contribution in [3.8, 4) is 0 Å². The van der Waals surface area contributed by atoms with Gasteiger partial charge in [0.15, 0.2) is 5.17 Å². The van der Waals surface area contributed by atoms with Crippen LogP contribution in [0.2, 0.25) is 0 Å². The molecule has 1 aromatic carbocycles. The number of thiophene rings is 1. The number of benzene rings is 1. The maximum Gasteiger partial charge on any atom is 0.233 e.